The summed E-state index contributed by atoms with van der Waals surface area (Å²) in [7, 11) is 0. The van der Waals surface area contributed by atoms with Crippen LogP contribution >= 0.6 is 23.4 Å². The molecule has 2 rings (SSSR count). The summed E-state index contributed by atoms with van der Waals surface area (Å²) in [4.78, 5) is 24.8. The monoisotopic (exact) mass is 301 g/mol. The van der Waals surface area contributed by atoms with Gasteiger partial charge in [0.15, 0.2) is 0 Å². The Hall–Kier alpha value is -1.40. The number of halogens is 1. The van der Waals surface area contributed by atoms with Crippen LogP contribution in [0.15, 0.2) is 18.2 Å². The van der Waals surface area contributed by atoms with Gasteiger partial charge in [-0.3, -0.25) is 4.79 Å². The van der Waals surface area contributed by atoms with Crippen LogP contribution in [0.2, 0.25) is 5.02 Å². The molecule has 1 fully saturated rings. The van der Waals surface area contributed by atoms with E-state index in [1.807, 2.05) is 0 Å². The van der Waals surface area contributed by atoms with Crippen LogP contribution in [0.5, 0.6) is 5.75 Å². The summed E-state index contributed by atoms with van der Waals surface area (Å²) in [6, 6.07) is 3.24. The minimum atomic E-state index is -1.05. The molecule has 0 radical (unpaired) electrons. The average Bonchev–Trinajstić information content (AvgIpc) is 2.73. The highest BCUT2D eigenvalue weighted by atomic mass is 35.5. The number of hydrogen-bond acceptors (Lipinski definition) is 4. The number of rotatable bonds is 2. The number of carbonyl (C=O) groups excluding carboxylic acids is 1. The van der Waals surface area contributed by atoms with Crippen molar-refractivity contribution in [3.63, 3.8) is 0 Å². The van der Waals surface area contributed by atoms with Gasteiger partial charge in [0.1, 0.15) is 11.8 Å². The molecule has 102 valence electrons. The van der Waals surface area contributed by atoms with E-state index in [2.05, 4.69) is 0 Å². The van der Waals surface area contributed by atoms with Crippen molar-refractivity contribution in [1.82, 2.24) is 4.90 Å². The number of phenols is 1. The molecule has 2 unspecified atom stereocenters. The van der Waals surface area contributed by atoms with Crippen molar-refractivity contribution in [2.24, 2.45) is 0 Å². The van der Waals surface area contributed by atoms with Crippen molar-refractivity contribution in [3.05, 3.63) is 28.8 Å². The van der Waals surface area contributed by atoms with Gasteiger partial charge >= 0.3 is 5.97 Å². The van der Waals surface area contributed by atoms with Crippen LogP contribution < -0.4 is 0 Å². The quantitative estimate of drug-likeness (QED) is 0.874. The molecule has 2 atom stereocenters. The first-order valence-corrected chi connectivity index (χ1v) is 7.00. The van der Waals surface area contributed by atoms with Gasteiger partial charge in [0.2, 0.25) is 0 Å². The summed E-state index contributed by atoms with van der Waals surface area (Å²) in [5.41, 5.74) is 0.0214. The van der Waals surface area contributed by atoms with Crippen LogP contribution in [0.3, 0.4) is 0 Å². The lowest BCUT2D eigenvalue weighted by Gasteiger charge is -2.25. The minimum Gasteiger partial charge on any atom is -0.507 e. The fourth-order valence-corrected chi connectivity index (χ4v) is 3.30. The zero-order valence-corrected chi connectivity index (χ0v) is 11.6. The molecule has 0 saturated carbocycles. The van der Waals surface area contributed by atoms with E-state index in [4.69, 9.17) is 16.7 Å². The van der Waals surface area contributed by atoms with Crippen LogP contribution in [0, 0.1) is 0 Å². The average molecular weight is 302 g/mol. The van der Waals surface area contributed by atoms with Crippen molar-refractivity contribution < 1.29 is 19.8 Å². The smallest absolute Gasteiger partial charge is 0.327 e. The number of carboxylic acids is 1. The molecule has 19 heavy (non-hydrogen) atoms. The second-order valence-corrected chi connectivity index (χ2v) is 5.95. The zero-order valence-electron chi connectivity index (χ0n) is 10.0. The first-order valence-electron chi connectivity index (χ1n) is 5.57. The number of aliphatic carboxylic acids is 1. The van der Waals surface area contributed by atoms with Crippen molar-refractivity contribution in [3.8, 4) is 5.75 Å². The van der Waals surface area contributed by atoms with Gasteiger partial charge in [-0.25, -0.2) is 4.79 Å². The van der Waals surface area contributed by atoms with Gasteiger partial charge in [-0.15, -0.1) is 11.8 Å². The Morgan fingerprint density at radius 3 is 2.79 bits per heavy atom. The third kappa shape index (κ3) is 2.64. The lowest BCUT2D eigenvalue weighted by molar-refractivity contribution is -0.141. The lowest BCUT2D eigenvalue weighted by Crippen LogP contribution is -2.44. The van der Waals surface area contributed by atoms with E-state index in [0.29, 0.717) is 10.8 Å². The third-order valence-electron chi connectivity index (χ3n) is 2.93. The summed E-state index contributed by atoms with van der Waals surface area (Å²) in [6.07, 6.45) is 0. The van der Waals surface area contributed by atoms with Crippen molar-refractivity contribution in [1.29, 1.82) is 0 Å². The van der Waals surface area contributed by atoms with Crippen LogP contribution in [0.25, 0.3) is 0 Å². The molecule has 1 aromatic rings. The standard InChI is InChI=1S/C12H12ClNO4S/c1-6-14(9(5-19-6)12(17)18)11(16)8-4-7(13)2-3-10(8)15/h2-4,6,9,15H,5H2,1H3,(H,17,18). The van der Waals surface area contributed by atoms with Crippen LogP contribution in [-0.4, -0.2) is 44.2 Å². The Bertz CT molecular complexity index is 536. The molecule has 1 aromatic carbocycles. The number of amides is 1. The van der Waals surface area contributed by atoms with Crippen LogP contribution in [0.4, 0.5) is 0 Å². The van der Waals surface area contributed by atoms with Crippen molar-refractivity contribution in [2.45, 2.75) is 18.3 Å². The summed E-state index contributed by atoms with van der Waals surface area (Å²) in [6.45, 7) is 1.76. The summed E-state index contributed by atoms with van der Waals surface area (Å²) < 4.78 is 0. The van der Waals surface area contributed by atoms with Gasteiger partial charge in [0.25, 0.3) is 5.91 Å². The minimum absolute atomic E-state index is 0.0214. The molecule has 5 nitrogen and oxygen atoms in total. The first kappa shape index (κ1) is 14.0. The molecule has 1 aliphatic heterocycles. The molecule has 0 spiro atoms. The van der Waals surface area contributed by atoms with Gasteiger partial charge in [-0.05, 0) is 25.1 Å². The molecular weight excluding hydrogens is 290 g/mol. The Balaban J connectivity index is 2.37. The van der Waals surface area contributed by atoms with Gasteiger partial charge in [-0.1, -0.05) is 11.6 Å². The molecule has 7 heteroatoms. The number of aromatic hydroxyl groups is 1. The normalized spacial score (nSPS) is 22.5. The third-order valence-corrected chi connectivity index (χ3v) is 4.38. The Morgan fingerprint density at radius 2 is 2.16 bits per heavy atom. The SMILES string of the molecule is CC1SCC(C(=O)O)N1C(=O)c1cc(Cl)ccc1O. The lowest BCUT2D eigenvalue weighted by atomic mass is 10.1. The van der Waals surface area contributed by atoms with Gasteiger partial charge < -0.3 is 15.1 Å². The summed E-state index contributed by atoms with van der Waals surface area (Å²) >= 11 is 7.18. The highest BCUT2D eigenvalue weighted by molar-refractivity contribution is 8.00. The van der Waals surface area contributed by atoms with Crippen LogP contribution in [0.1, 0.15) is 17.3 Å². The first-order chi connectivity index (χ1) is 8.91. The highest BCUT2D eigenvalue weighted by Gasteiger charge is 2.40. The van der Waals surface area contributed by atoms with Gasteiger partial charge in [0, 0.05) is 10.8 Å². The summed E-state index contributed by atoms with van der Waals surface area (Å²) in [5, 5.41) is 18.9. The maximum absolute atomic E-state index is 12.4. The van der Waals surface area contributed by atoms with Gasteiger partial charge in [-0.2, -0.15) is 0 Å². The number of carboxylic acid groups (broad SMARTS) is 1. The van der Waals surface area contributed by atoms with Crippen LogP contribution in [-0.2, 0) is 4.79 Å². The predicted octanol–water partition coefficient (Wildman–Crippen LogP) is 2.03. The topological polar surface area (TPSA) is 77.8 Å². The van der Waals surface area contributed by atoms with Gasteiger partial charge in [0.05, 0.1) is 10.9 Å². The van der Waals surface area contributed by atoms with E-state index in [1.54, 1.807) is 6.92 Å². The number of hydrogen-bond donors (Lipinski definition) is 2. The fourth-order valence-electron chi connectivity index (χ4n) is 1.96. The number of carbonyl (C=O) groups is 2. The molecule has 2 N–H and O–H groups in total. The van der Waals surface area contributed by atoms with E-state index in [-0.39, 0.29) is 16.7 Å². The van der Waals surface area contributed by atoms with E-state index < -0.39 is 17.9 Å². The fraction of sp³-hybridized carbons (Fsp3) is 0.333. The maximum atomic E-state index is 12.4. The predicted molar refractivity (Wildman–Crippen MR) is 72.6 cm³/mol. The Morgan fingerprint density at radius 1 is 1.47 bits per heavy atom. The van der Waals surface area contributed by atoms with Crippen molar-refractivity contribution >= 4 is 35.2 Å². The number of thioether (sulfide) groups is 1. The molecule has 0 bridgehead atoms. The molecule has 1 heterocycles. The number of phenolic OH excluding ortho intramolecular Hbond substituents is 1. The molecule has 0 aromatic heterocycles. The molecule has 1 aliphatic rings. The largest absolute Gasteiger partial charge is 0.507 e. The molecular formula is C12H12ClNO4S. The van der Waals surface area contributed by atoms with E-state index >= 15 is 0 Å². The molecule has 1 saturated heterocycles. The van der Waals surface area contributed by atoms with E-state index in [1.165, 1.54) is 34.9 Å². The molecule has 0 aliphatic carbocycles. The number of benzene rings is 1. The summed E-state index contributed by atoms with van der Waals surface area (Å²) in [5.74, 6) is -1.44. The highest BCUT2D eigenvalue weighted by Crippen LogP contribution is 2.32. The molecule has 1 amide bonds. The second-order valence-electron chi connectivity index (χ2n) is 4.16. The van der Waals surface area contributed by atoms with E-state index in [0.717, 1.165) is 0 Å². The maximum Gasteiger partial charge on any atom is 0.327 e. The number of nitrogens with zero attached hydrogens (tertiary/aromatic N) is 1. The Kier molecular flexibility index (Phi) is 3.91. The van der Waals surface area contributed by atoms with Crippen molar-refractivity contribution in [2.75, 3.05) is 5.75 Å². The van der Waals surface area contributed by atoms with E-state index in [9.17, 15) is 14.7 Å². The second kappa shape index (κ2) is 5.30. The Labute approximate surface area is 119 Å². The zero-order chi connectivity index (χ0) is 14.2.